The second kappa shape index (κ2) is 9.40. The first kappa shape index (κ1) is 18.5. The van der Waals surface area contributed by atoms with E-state index in [4.69, 9.17) is 4.42 Å². The molecular weight excluding hydrogens is 318 g/mol. The van der Waals surface area contributed by atoms with Gasteiger partial charge in [-0.25, -0.2) is 0 Å². The smallest absolute Gasteiger partial charge is 0.118 e. The summed E-state index contributed by atoms with van der Waals surface area (Å²) < 4.78 is 5.90. The minimum atomic E-state index is 0.865. The van der Waals surface area contributed by atoms with Gasteiger partial charge >= 0.3 is 0 Å². The molecule has 1 aromatic heterocycles. The van der Waals surface area contributed by atoms with Gasteiger partial charge in [0.25, 0.3) is 0 Å². The molecule has 0 aliphatic heterocycles. The van der Waals surface area contributed by atoms with Crippen LogP contribution in [0.3, 0.4) is 0 Å². The van der Waals surface area contributed by atoms with Crippen molar-refractivity contribution >= 4 is 0 Å². The molecule has 2 nitrogen and oxygen atoms in total. The van der Waals surface area contributed by atoms with Gasteiger partial charge in [-0.05, 0) is 68.6 Å². The molecule has 3 aromatic rings. The maximum Gasteiger partial charge on any atom is 0.118 e. The summed E-state index contributed by atoms with van der Waals surface area (Å²) in [7, 11) is 4.12. The molecule has 26 heavy (non-hydrogen) atoms. The molecule has 0 fully saturated rings. The van der Waals surface area contributed by atoms with Gasteiger partial charge in [0.1, 0.15) is 11.5 Å². The molecule has 0 aliphatic rings. The zero-order chi connectivity index (χ0) is 18.2. The molecule has 3 rings (SSSR count). The first-order valence-corrected chi connectivity index (χ1v) is 9.53. The fourth-order valence-electron chi connectivity index (χ4n) is 3.29. The van der Waals surface area contributed by atoms with E-state index >= 15 is 0 Å². The summed E-state index contributed by atoms with van der Waals surface area (Å²) in [4.78, 5) is 2.13. The largest absolute Gasteiger partial charge is 0.465 e. The van der Waals surface area contributed by atoms with Crippen LogP contribution in [0.5, 0.6) is 0 Å². The normalized spacial score (nSPS) is 11.2. The van der Waals surface area contributed by atoms with Gasteiger partial charge in [-0.2, -0.15) is 0 Å². The van der Waals surface area contributed by atoms with Crippen molar-refractivity contribution in [3.63, 3.8) is 0 Å². The predicted molar refractivity (Wildman–Crippen MR) is 108 cm³/mol. The van der Waals surface area contributed by atoms with E-state index in [-0.39, 0.29) is 0 Å². The lowest BCUT2D eigenvalue weighted by atomic mass is 10.0. The highest BCUT2D eigenvalue weighted by molar-refractivity contribution is 5.25. The van der Waals surface area contributed by atoms with Gasteiger partial charge in [-0.1, -0.05) is 54.6 Å². The third-order valence-corrected chi connectivity index (χ3v) is 4.61. The lowest BCUT2D eigenvalue weighted by molar-refractivity contribution is 0.341. The van der Waals surface area contributed by atoms with Crippen molar-refractivity contribution in [2.75, 3.05) is 14.1 Å². The summed E-state index contributed by atoms with van der Waals surface area (Å²) in [5.41, 5.74) is 4.26. The van der Waals surface area contributed by atoms with Crippen molar-refractivity contribution in [2.45, 2.75) is 38.6 Å². The maximum atomic E-state index is 5.90. The van der Waals surface area contributed by atoms with Crippen LogP contribution in [0.2, 0.25) is 0 Å². The summed E-state index contributed by atoms with van der Waals surface area (Å²) in [6.07, 6.45) is 5.43. The second-order valence-electron chi connectivity index (χ2n) is 7.26. The Balaban J connectivity index is 1.47. The lowest BCUT2D eigenvalue weighted by Gasteiger charge is -2.06. The number of aryl methyl sites for hydroxylation is 4. The van der Waals surface area contributed by atoms with Crippen molar-refractivity contribution in [3.8, 4) is 0 Å². The van der Waals surface area contributed by atoms with Gasteiger partial charge in [0, 0.05) is 6.42 Å². The summed E-state index contributed by atoms with van der Waals surface area (Å²) in [6.45, 7) is 0.865. The van der Waals surface area contributed by atoms with Gasteiger partial charge in [-0.3, -0.25) is 0 Å². The van der Waals surface area contributed by atoms with Gasteiger partial charge in [0.2, 0.25) is 0 Å². The molecule has 0 N–H and O–H groups in total. The van der Waals surface area contributed by atoms with E-state index in [0.717, 1.165) is 50.2 Å². The standard InChI is InChI=1S/C24H29NO/c1-25(2)19-24-17-16-23(26-24)13-7-12-21-10-6-11-22(18-21)15-14-20-8-4-3-5-9-20/h3-6,8-11,16-18H,7,12-15,19H2,1-2H3. The lowest BCUT2D eigenvalue weighted by Crippen LogP contribution is -2.09. The van der Waals surface area contributed by atoms with E-state index in [2.05, 4.69) is 85.7 Å². The van der Waals surface area contributed by atoms with Gasteiger partial charge < -0.3 is 9.32 Å². The number of nitrogens with zero attached hydrogens (tertiary/aromatic N) is 1. The Kier molecular flexibility index (Phi) is 6.68. The molecule has 0 atom stereocenters. The Morgan fingerprint density at radius 1 is 0.654 bits per heavy atom. The van der Waals surface area contributed by atoms with Crippen LogP contribution in [0.4, 0.5) is 0 Å². The Hall–Kier alpha value is -2.32. The summed E-state index contributed by atoms with van der Waals surface area (Å²) >= 11 is 0. The van der Waals surface area contributed by atoms with Crippen molar-refractivity contribution in [1.82, 2.24) is 4.90 Å². The van der Waals surface area contributed by atoms with Gasteiger partial charge in [0.05, 0.1) is 6.54 Å². The molecule has 2 aromatic carbocycles. The van der Waals surface area contributed by atoms with Crippen LogP contribution in [-0.4, -0.2) is 19.0 Å². The highest BCUT2D eigenvalue weighted by Crippen LogP contribution is 2.15. The second-order valence-corrected chi connectivity index (χ2v) is 7.26. The molecule has 0 aliphatic carbocycles. The van der Waals surface area contributed by atoms with Crippen LogP contribution in [0.25, 0.3) is 0 Å². The number of hydrogen-bond acceptors (Lipinski definition) is 2. The summed E-state index contributed by atoms with van der Waals surface area (Å²) in [5, 5.41) is 0. The minimum Gasteiger partial charge on any atom is -0.465 e. The first-order valence-electron chi connectivity index (χ1n) is 9.53. The van der Waals surface area contributed by atoms with E-state index in [1.807, 2.05) is 0 Å². The molecule has 0 saturated carbocycles. The Bertz CT molecular complexity index is 789. The van der Waals surface area contributed by atoms with E-state index < -0.39 is 0 Å². The fraction of sp³-hybridized carbons (Fsp3) is 0.333. The molecule has 0 radical (unpaired) electrons. The van der Waals surface area contributed by atoms with Crippen LogP contribution in [0, 0.1) is 0 Å². The zero-order valence-corrected chi connectivity index (χ0v) is 15.9. The third kappa shape index (κ3) is 5.89. The van der Waals surface area contributed by atoms with Crippen molar-refractivity contribution < 1.29 is 4.42 Å². The fourth-order valence-corrected chi connectivity index (χ4v) is 3.29. The number of rotatable bonds is 9. The molecule has 136 valence electrons. The van der Waals surface area contributed by atoms with Crippen LogP contribution in [0.1, 0.15) is 34.6 Å². The van der Waals surface area contributed by atoms with E-state index in [9.17, 15) is 0 Å². The third-order valence-electron chi connectivity index (χ3n) is 4.61. The Labute approximate surface area is 157 Å². The van der Waals surface area contributed by atoms with Crippen LogP contribution in [-0.2, 0) is 32.2 Å². The van der Waals surface area contributed by atoms with Gasteiger partial charge in [0.15, 0.2) is 0 Å². The summed E-state index contributed by atoms with van der Waals surface area (Å²) in [6, 6.07) is 24.0. The molecule has 0 bridgehead atoms. The highest BCUT2D eigenvalue weighted by Gasteiger charge is 2.04. The SMILES string of the molecule is CN(C)Cc1ccc(CCCc2cccc(CCc3ccccc3)c2)o1. The van der Waals surface area contributed by atoms with E-state index in [0.29, 0.717) is 0 Å². The van der Waals surface area contributed by atoms with Crippen molar-refractivity contribution in [2.24, 2.45) is 0 Å². The topological polar surface area (TPSA) is 16.4 Å². The quantitative estimate of drug-likeness (QED) is 0.522. The van der Waals surface area contributed by atoms with Gasteiger partial charge in [-0.15, -0.1) is 0 Å². The first-order chi connectivity index (χ1) is 12.7. The number of furan rings is 1. The monoisotopic (exact) mass is 347 g/mol. The van der Waals surface area contributed by atoms with Crippen molar-refractivity contribution in [3.05, 3.63) is 94.9 Å². The van der Waals surface area contributed by atoms with Crippen molar-refractivity contribution in [1.29, 1.82) is 0 Å². The average molecular weight is 348 g/mol. The molecule has 0 spiro atoms. The molecule has 0 unspecified atom stereocenters. The highest BCUT2D eigenvalue weighted by atomic mass is 16.3. The maximum absolute atomic E-state index is 5.90. The Morgan fingerprint density at radius 3 is 2.08 bits per heavy atom. The zero-order valence-electron chi connectivity index (χ0n) is 15.9. The molecular formula is C24H29NO. The average Bonchev–Trinajstić information content (AvgIpc) is 3.08. The van der Waals surface area contributed by atoms with Crippen LogP contribution in [0.15, 0.2) is 71.1 Å². The molecule has 2 heteroatoms. The summed E-state index contributed by atoms with van der Waals surface area (Å²) in [5.74, 6) is 2.15. The molecule has 0 amide bonds. The van der Waals surface area contributed by atoms with E-state index in [1.165, 1.54) is 16.7 Å². The van der Waals surface area contributed by atoms with Crippen LogP contribution >= 0.6 is 0 Å². The van der Waals surface area contributed by atoms with Crippen LogP contribution < -0.4 is 0 Å². The Morgan fingerprint density at radius 2 is 1.31 bits per heavy atom. The number of benzene rings is 2. The van der Waals surface area contributed by atoms with E-state index in [1.54, 1.807) is 0 Å². The molecule has 1 heterocycles. The minimum absolute atomic E-state index is 0.865. The molecule has 0 saturated heterocycles. The predicted octanol–water partition coefficient (Wildman–Crippen LogP) is 5.30. The number of hydrogen-bond donors (Lipinski definition) is 0.